The zero-order chi connectivity index (χ0) is 11.4. The first-order valence-electron chi connectivity index (χ1n) is 3.55. The minimum atomic E-state index is -2.01. The van der Waals surface area contributed by atoms with Gasteiger partial charge < -0.3 is 13.8 Å². The molecule has 2 unspecified atom stereocenters. The molecule has 0 amide bonds. The Bertz CT molecular complexity index is 410. The van der Waals surface area contributed by atoms with Crippen LogP contribution in [-0.2, 0) is 14.8 Å². The predicted molar refractivity (Wildman–Crippen MR) is 57.9 cm³/mol. The summed E-state index contributed by atoms with van der Waals surface area (Å²) in [7, 11) is 4.82. The van der Waals surface area contributed by atoms with E-state index in [1.807, 2.05) is 0 Å². The SMILES string of the molecule is O=C(OP)c1cc(OS(=O)Cl)ccc1O. The summed E-state index contributed by atoms with van der Waals surface area (Å²) in [5, 5.41) is 9.30. The predicted octanol–water partition coefficient (Wildman–Crippen LogP) is 1.54. The van der Waals surface area contributed by atoms with Gasteiger partial charge in [-0.2, -0.15) is 4.21 Å². The maximum absolute atomic E-state index is 11.1. The number of aromatic hydroxyl groups is 1. The van der Waals surface area contributed by atoms with Crippen molar-refractivity contribution in [3.63, 3.8) is 0 Å². The van der Waals surface area contributed by atoms with Crippen molar-refractivity contribution in [2.24, 2.45) is 0 Å². The van der Waals surface area contributed by atoms with Gasteiger partial charge in [0.1, 0.15) is 17.1 Å². The van der Waals surface area contributed by atoms with Crippen molar-refractivity contribution < 1.29 is 22.8 Å². The fourth-order valence-corrected chi connectivity index (χ4v) is 1.47. The number of phenolic OH excluding ortho intramolecular Hbond substituents is 1. The molecule has 0 aliphatic heterocycles. The highest BCUT2D eigenvalue weighted by Gasteiger charge is 2.13. The van der Waals surface area contributed by atoms with E-state index >= 15 is 0 Å². The minimum Gasteiger partial charge on any atom is -0.507 e. The van der Waals surface area contributed by atoms with E-state index in [0.29, 0.717) is 0 Å². The van der Waals surface area contributed by atoms with E-state index in [2.05, 4.69) is 8.71 Å². The highest BCUT2D eigenvalue weighted by molar-refractivity contribution is 8.04. The molecule has 0 bridgehead atoms. The van der Waals surface area contributed by atoms with E-state index in [1.54, 1.807) is 9.47 Å². The van der Waals surface area contributed by atoms with Crippen LogP contribution in [0.4, 0.5) is 0 Å². The molecule has 0 aliphatic rings. The van der Waals surface area contributed by atoms with Gasteiger partial charge in [0.25, 0.3) is 0 Å². The number of benzene rings is 1. The summed E-state index contributed by atoms with van der Waals surface area (Å²) in [6.45, 7) is 0. The summed E-state index contributed by atoms with van der Waals surface area (Å²) in [6.07, 6.45) is 0. The van der Waals surface area contributed by atoms with Crippen LogP contribution >= 0.6 is 20.1 Å². The van der Waals surface area contributed by atoms with Gasteiger partial charge in [0.2, 0.25) is 0 Å². The van der Waals surface area contributed by atoms with Crippen LogP contribution in [0, 0.1) is 0 Å². The van der Waals surface area contributed by atoms with Crippen LogP contribution < -0.4 is 4.18 Å². The van der Waals surface area contributed by atoms with Gasteiger partial charge in [-0.1, -0.05) is 0 Å². The van der Waals surface area contributed by atoms with Crippen LogP contribution in [0.3, 0.4) is 0 Å². The molecule has 1 aromatic rings. The Labute approximate surface area is 94.8 Å². The third-order valence-electron chi connectivity index (χ3n) is 1.46. The fourth-order valence-electron chi connectivity index (χ4n) is 0.870. The van der Waals surface area contributed by atoms with Crippen molar-refractivity contribution in [2.45, 2.75) is 0 Å². The van der Waals surface area contributed by atoms with Crippen LogP contribution in [0.5, 0.6) is 11.5 Å². The van der Waals surface area contributed by atoms with E-state index in [4.69, 9.17) is 10.7 Å². The fraction of sp³-hybridized carbons (Fsp3) is 0. The van der Waals surface area contributed by atoms with Gasteiger partial charge in [-0.15, -0.1) is 0 Å². The lowest BCUT2D eigenvalue weighted by molar-refractivity contribution is 0.0762. The Morgan fingerprint density at radius 2 is 2.20 bits per heavy atom. The first kappa shape index (κ1) is 12.2. The molecule has 0 fully saturated rings. The van der Waals surface area contributed by atoms with Crippen LogP contribution in [0.15, 0.2) is 18.2 Å². The molecule has 8 heteroatoms. The van der Waals surface area contributed by atoms with E-state index in [1.165, 1.54) is 18.2 Å². The summed E-state index contributed by atoms with van der Waals surface area (Å²) in [4.78, 5) is 11.1. The molecular weight excluding hydrogens is 263 g/mol. The maximum atomic E-state index is 11.1. The van der Waals surface area contributed by atoms with Gasteiger partial charge in [0, 0.05) is 16.7 Å². The number of carbonyl (C=O) groups excluding carboxylic acids is 1. The highest BCUT2D eigenvalue weighted by atomic mass is 35.7. The van der Waals surface area contributed by atoms with Gasteiger partial charge in [-0.25, -0.2) is 4.79 Å². The summed E-state index contributed by atoms with van der Waals surface area (Å²) < 4.78 is 19.5. The maximum Gasteiger partial charge on any atom is 0.344 e. The molecule has 0 saturated heterocycles. The van der Waals surface area contributed by atoms with Crippen molar-refractivity contribution in [3.8, 4) is 11.5 Å². The molecule has 1 N–H and O–H groups in total. The molecule has 0 saturated carbocycles. The second kappa shape index (κ2) is 5.30. The van der Waals surface area contributed by atoms with Crippen LogP contribution in [0.25, 0.3) is 0 Å². The van der Waals surface area contributed by atoms with Crippen molar-refractivity contribution in [2.75, 3.05) is 0 Å². The molecular formula is C7H6ClO5PS. The summed E-state index contributed by atoms with van der Waals surface area (Å²) >= 11 is 0. The van der Waals surface area contributed by atoms with E-state index in [9.17, 15) is 14.1 Å². The number of phenols is 1. The molecule has 82 valence electrons. The molecule has 0 radical (unpaired) electrons. The molecule has 0 spiro atoms. The average Bonchev–Trinajstić information content (AvgIpc) is 2.19. The Morgan fingerprint density at radius 1 is 1.53 bits per heavy atom. The van der Waals surface area contributed by atoms with Crippen molar-refractivity contribution in [1.29, 1.82) is 0 Å². The third-order valence-corrected chi connectivity index (χ3v) is 2.18. The molecule has 5 nitrogen and oxygen atoms in total. The Balaban J connectivity index is 3.05. The molecule has 1 rings (SSSR count). The smallest absolute Gasteiger partial charge is 0.344 e. The Morgan fingerprint density at radius 3 is 2.73 bits per heavy atom. The monoisotopic (exact) mass is 268 g/mol. The van der Waals surface area contributed by atoms with Crippen molar-refractivity contribution in [3.05, 3.63) is 23.8 Å². The topological polar surface area (TPSA) is 72.8 Å². The largest absolute Gasteiger partial charge is 0.507 e. The van der Waals surface area contributed by atoms with Gasteiger partial charge in [-0.05, 0) is 12.1 Å². The van der Waals surface area contributed by atoms with Crippen LogP contribution in [0.1, 0.15) is 10.4 Å². The zero-order valence-electron chi connectivity index (χ0n) is 7.18. The lowest BCUT2D eigenvalue weighted by Crippen LogP contribution is -2.00. The van der Waals surface area contributed by atoms with E-state index in [0.717, 1.165) is 0 Å². The zero-order valence-corrected chi connectivity index (χ0v) is 9.90. The molecule has 2 atom stereocenters. The summed E-state index contributed by atoms with van der Waals surface area (Å²) in [5.41, 5.74) is -0.107. The molecule has 0 aliphatic carbocycles. The molecule has 0 aromatic heterocycles. The lowest BCUT2D eigenvalue weighted by atomic mass is 10.2. The number of hydrogen-bond donors (Lipinski definition) is 1. The summed E-state index contributed by atoms with van der Waals surface area (Å²) in [5.74, 6) is -0.940. The number of hydrogen-bond acceptors (Lipinski definition) is 5. The second-order valence-corrected chi connectivity index (χ2v) is 3.91. The standard InChI is InChI=1S/C7H6ClO5PS/c8-15(11)13-4-1-2-6(9)5(3-4)7(10)12-14/h1-3,9H,14H2. The Hall–Kier alpha value is -0.840. The second-order valence-electron chi connectivity index (χ2n) is 2.36. The highest BCUT2D eigenvalue weighted by Crippen LogP contribution is 2.25. The van der Waals surface area contributed by atoms with Crippen molar-refractivity contribution >= 4 is 36.4 Å². The first-order valence-corrected chi connectivity index (χ1v) is 5.92. The number of halogens is 1. The molecule has 0 heterocycles. The molecule has 15 heavy (non-hydrogen) atoms. The normalized spacial score (nSPS) is 11.9. The van der Waals surface area contributed by atoms with Gasteiger partial charge in [-0.3, -0.25) is 0 Å². The van der Waals surface area contributed by atoms with Gasteiger partial charge >= 0.3 is 16.3 Å². The quantitative estimate of drug-likeness (QED) is 0.665. The third kappa shape index (κ3) is 3.34. The van der Waals surface area contributed by atoms with Crippen LogP contribution in [0.2, 0.25) is 0 Å². The number of carbonyl (C=O) groups is 1. The average molecular weight is 269 g/mol. The number of rotatable bonds is 3. The van der Waals surface area contributed by atoms with E-state index < -0.39 is 16.3 Å². The van der Waals surface area contributed by atoms with Gasteiger partial charge in [0.05, 0.1) is 9.47 Å². The van der Waals surface area contributed by atoms with Crippen LogP contribution in [-0.4, -0.2) is 15.3 Å². The lowest BCUT2D eigenvalue weighted by Gasteiger charge is -2.04. The molecule has 1 aromatic carbocycles. The van der Waals surface area contributed by atoms with Crippen molar-refractivity contribution in [1.82, 2.24) is 0 Å². The Kier molecular flexibility index (Phi) is 4.32. The summed E-state index contributed by atoms with van der Waals surface area (Å²) in [6, 6.07) is 3.69. The van der Waals surface area contributed by atoms with Gasteiger partial charge in [0.15, 0.2) is 0 Å². The minimum absolute atomic E-state index is 0.0894. The first-order chi connectivity index (χ1) is 7.04. The van der Waals surface area contributed by atoms with E-state index in [-0.39, 0.29) is 17.1 Å².